The van der Waals surface area contributed by atoms with E-state index in [1.807, 2.05) is 14.1 Å². The largest absolute Gasteiger partial charge is 0.389 e. The first-order valence-electron chi connectivity index (χ1n) is 6.50. The lowest BCUT2D eigenvalue weighted by molar-refractivity contribution is 0.371. The highest BCUT2D eigenvalue weighted by Gasteiger charge is 2.27. The number of halogens is 1. The Morgan fingerprint density at radius 1 is 1.53 bits per heavy atom. The van der Waals surface area contributed by atoms with Crippen LogP contribution in [0, 0.1) is 5.82 Å². The molecule has 2 N–H and O–H groups in total. The van der Waals surface area contributed by atoms with Crippen LogP contribution in [0.3, 0.4) is 0 Å². The molecule has 1 fully saturated rings. The van der Waals surface area contributed by atoms with Crippen LogP contribution in [0.2, 0.25) is 0 Å². The number of nitrogens with two attached hydrogens (primary N) is 1. The molecule has 1 aliphatic rings. The van der Waals surface area contributed by atoms with Crippen molar-refractivity contribution in [3.63, 3.8) is 0 Å². The van der Waals surface area contributed by atoms with Crippen LogP contribution in [0.15, 0.2) is 18.2 Å². The highest BCUT2D eigenvalue weighted by molar-refractivity contribution is 7.80. The van der Waals surface area contributed by atoms with Crippen molar-refractivity contribution < 1.29 is 4.39 Å². The molecule has 1 heterocycles. The minimum Gasteiger partial charge on any atom is -0.389 e. The molecular weight excluding hydrogens is 261 g/mol. The SMILES string of the molecule is CN(C)CC1CCCN1c1ccc(C(N)=S)cc1F. The number of rotatable bonds is 4. The number of thiocarbonyl (C=S) groups is 1. The maximum atomic E-state index is 14.2. The van der Waals surface area contributed by atoms with Crippen molar-refractivity contribution >= 4 is 22.9 Å². The second-order valence-electron chi connectivity index (χ2n) is 5.28. The molecule has 0 saturated carbocycles. The van der Waals surface area contributed by atoms with Gasteiger partial charge in [0.1, 0.15) is 10.8 Å². The van der Waals surface area contributed by atoms with E-state index in [9.17, 15) is 4.39 Å². The zero-order valence-corrected chi connectivity index (χ0v) is 12.2. The van der Waals surface area contributed by atoms with Gasteiger partial charge in [0.2, 0.25) is 0 Å². The molecule has 0 spiro atoms. The van der Waals surface area contributed by atoms with Gasteiger partial charge in [-0.1, -0.05) is 12.2 Å². The topological polar surface area (TPSA) is 32.5 Å². The molecule has 3 nitrogen and oxygen atoms in total. The average molecular weight is 281 g/mol. The van der Waals surface area contributed by atoms with Gasteiger partial charge in [-0.05, 0) is 45.1 Å². The minimum absolute atomic E-state index is 0.233. The normalized spacial score (nSPS) is 19.2. The van der Waals surface area contributed by atoms with Crippen LogP contribution in [-0.4, -0.2) is 43.1 Å². The second kappa shape index (κ2) is 5.84. The van der Waals surface area contributed by atoms with Gasteiger partial charge in [0, 0.05) is 24.7 Å². The fourth-order valence-corrected chi connectivity index (χ4v) is 2.78. The Morgan fingerprint density at radius 2 is 2.26 bits per heavy atom. The summed E-state index contributed by atoms with van der Waals surface area (Å²) >= 11 is 4.87. The van der Waals surface area contributed by atoms with E-state index in [1.165, 1.54) is 6.07 Å². The summed E-state index contributed by atoms with van der Waals surface area (Å²) in [6, 6.07) is 5.40. The lowest BCUT2D eigenvalue weighted by atomic mass is 10.1. The zero-order chi connectivity index (χ0) is 14.0. The second-order valence-corrected chi connectivity index (χ2v) is 5.72. The summed E-state index contributed by atoms with van der Waals surface area (Å²) in [6.07, 6.45) is 2.21. The van der Waals surface area contributed by atoms with Crippen LogP contribution in [0.1, 0.15) is 18.4 Å². The van der Waals surface area contributed by atoms with Crippen LogP contribution >= 0.6 is 12.2 Å². The molecule has 1 aromatic carbocycles. The molecule has 1 atom stereocenters. The molecule has 1 aromatic rings. The molecule has 1 aliphatic heterocycles. The fourth-order valence-electron chi connectivity index (χ4n) is 2.66. The van der Waals surface area contributed by atoms with Crippen LogP contribution < -0.4 is 10.6 Å². The summed E-state index contributed by atoms with van der Waals surface area (Å²) in [5.74, 6) is -0.240. The quantitative estimate of drug-likeness (QED) is 0.856. The van der Waals surface area contributed by atoms with Crippen molar-refractivity contribution in [2.45, 2.75) is 18.9 Å². The van der Waals surface area contributed by atoms with Crippen molar-refractivity contribution in [3.8, 4) is 0 Å². The van der Waals surface area contributed by atoms with Gasteiger partial charge in [0.05, 0.1) is 5.69 Å². The molecule has 0 aliphatic carbocycles. The van der Waals surface area contributed by atoms with Gasteiger partial charge in [0.25, 0.3) is 0 Å². The van der Waals surface area contributed by atoms with Gasteiger partial charge in [-0.15, -0.1) is 0 Å². The van der Waals surface area contributed by atoms with Gasteiger partial charge in [-0.3, -0.25) is 0 Å². The maximum absolute atomic E-state index is 14.2. The molecule has 0 amide bonds. The summed E-state index contributed by atoms with van der Waals surface area (Å²) in [5, 5.41) is 0. The fraction of sp³-hybridized carbons (Fsp3) is 0.500. The number of hydrogen-bond acceptors (Lipinski definition) is 3. The van der Waals surface area contributed by atoms with E-state index in [0.717, 1.165) is 25.9 Å². The molecule has 19 heavy (non-hydrogen) atoms. The third-order valence-electron chi connectivity index (χ3n) is 3.49. The number of anilines is 1. The molecule has 5 heteroatoms. The van der Waals surface area contributed by atoms with Crippen LogP contribution in [0.5, 0.6) is 0 Å². The standard InChI is InChI=1S/C14H20FN3S/c1-17(2)9-11-4-3-7-18(11)13-6-5-10(14(16)19)8-12(13)15/h5-6,8,11H,3-4,7,9H2,1-2H3,(H2,16,19). The predicted octanol–water partition coefficient (Wildman–Crippen LogP) is 1.99. The van der Waals surface area contributed by atoms with E-state index < -0.39 is 0 Å². The predicted molar refractivity (Wildman–Crippen MR) is 81.2 cm³/mol. The molecule has 104 valence electrons. The molecule has 1 unspecified atom stereocenters. The van der Waals surface area contributed by atoms with Crippen molar-refractivity contribution in [1.29, 1.82) is 0 Å². The molecular formula is C14H20FN3S. The number of hydrogen-bond donors (Lipinski definition) is 1. The summed E-state index contributed by atoms with van der Waals surface area (Å²) in [4.78, 5) is 4.53. The number of likely N-dealkylation sites (N-methyl/N-ethyl adjacent to an activating group) is 1. The number of nitrogens with zero attached hydrogens (tertiary/aromatic N) is 2. The zero-order valence-electron chi connectivity index (χ0n) is 11.4. The highest BCUT2D eigenvalue weighted by atomic mass is 32.1. The van der Waals surface area contributed by atoms with Gasteiger partial charge in [-0.25, -0.2) is 4.39 Å². The molecule has 0 aromatic heterocycles. The molecule has 0 radical (unpaired) electrons. The Balaban J connectivity index is 2.23. The number of benzene rings is 1. The lowest BCUT2D eigenvalue weighted by Crippen LogP contribution is -2.38. The Hall–Kier alpha value is -1.20. The van der Waals surface area contributed by atoms with Crippen molar-refractivity contribution in [3.05, 3.63) is 29.6 Å². The summed E-state index contributed by atoms with van der Waals surface area (Å²) in [6.45, 7) is 1.85. The molecule has 0 bridgehead atoms. The Labute approximate surface area is 119 Å². The highest BCUT2D eigenvalue weighted by Crippen LogP contribution is 2.28. The summed E-state index contributed by atoms with van der Waals surface area (Å²) in [7, 11) is 4.09. The van der Waals surface area contributed by atoms with E-state index in [-0.39, 0.29) is 10.8 Å². The van der Waals surface area contributed by atoms with E-state index >= 15 is 0 Å². The van der Waals surface area contributed by atoms with E-state index in [2.05, 4.69) is 9.80 Å². The van der Waals surface area contributed by atoms with Gasteiger partial charge >= 0.3 is 0 Å². The van der Waals surface area contributed by atoms with Gasteiger partial charge < -0.3 is 15.5 Å². The summed E-state index contributed by atoms with van der Waals surface area (Å²) in [5.41, 5.74) is 6.76. The first kappa shape index (κ1) is 14.2. The first-order chi connectivity index (χ1) is 8.99. The van der Waals surface area contributed by atoms with Crippen LogP contribution in [-0.2, 0) is 0 Å². The third kappa shape index (κ3) is 3.22. The Morgan fingerprint density at radius 3 is 2.84 bits per heavy atom. The Bertz CT molecular complexity index is 476. The van der Waals surface area contributed by atoms with Crippen LogP contribution in [0.4, 0.5) is 10.1 Å². The van der Waals surface area contributed by atoms with E-state index in [4.69, 9.17) is 18.0 Å². The van der Waals surface area contributed by atoms with Crippen LogP contribution in [0.25, 0.3) is 0 Å². The Kier molecular flexibility index (Phi) is 4.37. The van der Waals surface area contributed by atoms with Crippen molar-refractivity contribution in [2.24, 2.45) is 5.73 Å². The minimum atomic E-state index is -0.240. The van der Waals surface area contributed by atoms with Gasteiger partial charge in [0.15, 0.2) is 0 Å². The van der Waals surface area contributed by atoms with E-state index in [1.54, 1.807) is 12.1 Å². The van der Waals surface area contributed by atoms with Crippen molar-refractivity contribution in [2.75, 3.05) is 32.1 Å². The van der Waals surface area contributed by atoms with E-state index in [0.29, 0.717) is 17.3 Å². The average Bonchev–Trinajstić information content (AvgIpc) is 2.75. The maximum Gasteiger partial charge on any atom is 0.147 e. The van der Waals surface area contributed by atoms with Crippen molar-refractivity contribution in [1.82, 2.24) is 4.90 Å². The molecule has 1 saturated heterocycles. The molecule has 2 rings (SSSR count). The first-order valence-corrected chi connectivity index (χ1v) is 6.90. The third-order valence-corrected chi connectivity index (χ3v) is 3.73. The van der Waals surface area contributed by atoms with Gasteiger partial charge in [-0.2, -0.15) is 0 Å². The smallest absolute Gasteiger partial charge is 0.147 e. The lowest BCUT2D eigenvalue weighted by Gasteiger charge is -2.29. The monoisotopic (exact) mass is 281 g/mol. The summed E-state index contributed by atoms with van der Waals surface area (Å²) < 4.78 is 14.2.